The standard InChI is InChI=1S/C4H4N2O3.K/c7-3-1-2(4(8)9)5-6-3;/h1H,(H,8,9)(H2,5,6,7);/q;+1/p-1. The van der Waals surface area contributed by atoms with E-state index in [2.05, 4.69) is 5.10 Å². The van der Waals surface area contributed by atoms with Gasteiger partial charge in [-0.15, -0.1) is 0 Å². The normalized spacial score (nSPS) is 8.40. The van der Waals surface area contributed by atoms with E-state index in [-0.39, 0.29) is 63.0 Å². The first-order chi connectivity index (χ1) is 4.20. The zero-order chi connectivity index (χ0) is 6.85. The minimum atomic E-state index is -1.41. The van der Waals surface area contributed by atoms with E-state index in [0.29, 0.717) is 0 Å². The van der Waals surface area contributed by atoms with Crippen LogP contribution in [0.15, 0.2) is 6.07 Å². The molecule has 0 bridgehead atoms. The topological polar surface area (TPSA) is 89.0 Å². The van der Waals surface area contributed by atoms with E-state index in [9.17, 15) is 9.90 Å². The summed E-state index contributed by atoms with van der Waals surface area (Å²) in [5.41, 5.74) is -0.299. The number of aromatic amines is 1. The molecule has 0 atom stereocenters. The Balaban J connectivity index is 0.000000810. The largest absolute Gasteiger partial charge is 1.00 e. The van der Waals surface area contributed by atoms with E-state index in [1.54, 1.807) is 0 Å². The predicted octanol–water partition coefficient (Wildman–Crippen LogP) is -4.52. The van der Waals surface area contributed by atoms with Crippen molar-refractivity contribution in [2.24, 2.45) is 0 Å². The van der Waals surface area contributed by atoms with E-state index < -0.39 is 5.97 Å². The summed E-state index contributed by atoms with van der Waals surface area (Å²) in [6, 6.07) is 0.968. The number of carboxylic acids is 1. The number of rotatable bonds is 1. The Kier molecular flexibility index (Phi) is 4.14. The van der Waals surface area contributed by atoms with Crippen LogP contribution in [0.3, 0.4) is 0 Å². The van der Waals surface area contributed by atoms with Gasteiger partial charge in [-0.1, -0.05) is 0 Å². The van der Waals surface area contributed by atoms with Crippen molar-refractivity contribution < 1.29 is 66.4 Å². The third-order valence-corrected chi connectivity index (χ3v) is 0.773. The van der Waals surface area contributed by atoms with Crippen LogP contribution in [-0.2, 0) is 0 Å². The van der Waals surface area contributed by atoms with Crippen molar-refractivity contribution in [3.8, 4) is 5.88 Å². The number of carbonyl (C=O) groups excluding carboxylic acids is 1. The summed E-state index contributed by atoms with van der Waals surface area (Å²) in [6.45, 7) is 0. The quantitative estimate of drug-likeness (QED) is 0.411. The van der Waals surface area contributed by atoms with E-state index in [1.807, 2.05) is 5.10 Å². The van der Waals surface area contributed by atoms with Gasteiger partial charge >= 0.3 is 51.4 Å². The molecule has 5 nitrogen and oxygen atoms in total. The molecule has 1 heterocycles. The van der Waals surface area contributed by atoms with Crippen LogP contribution in [0.5, 0.6) is 5.88 Å². The maximum Gasteiger partial charge on any atom is 1.00 e. The molecule has 10 heavy (non-hydrogen) atoms. The first-order valence-corrected chi connectivity index (χ1v) is 2.16. The molecule has 0 radical (unpaired) electrons. The van der Waals surface area contributed by atoms with Gasteiger partial charge in [0.05, 0.1) is 5.97 Å². The van der Waals surface area contributed by atoms with Crippen LogP contribution >= 0.6 is 0 Å². The molecule has 2 N–H and O–H groups in total. The molecule has 0 aliphatic heterocycles. The smallest absolute Gasteiger partial charge is 0.543 e. The van der Waals surface area contributed by atoms with Crippen molar-refractivity contribution in [1.82, 2.24) is 10.2 Å². The summed E-state index contributed by atoms with van der Waals surface area (Å²) in [6.07, 6.45) is 0. The second-order valence-corrected chi connectivity index (χ2v) is 1.43. The molecular formula is C4H3KN2O3. The molecule has 0 saturated heterocycles. The second kappa shape index (κ2) is 4.09. The molecule has 48 valence electrons. The van der Waals surface area contributed by atoms with Crippen LogP contribution in [0.4, 0.5) is 0 Å². The molecule has 0 spiro atoms. The first kappa shape index (κ1) is 10.1. The van der Waals surface area contributed by atoms with Crippen molar-refractivity contribution in [3.05, 3.63) is 11.8 Å². The maximum absolute atomic E-state index is 9.91. The van der Waals surface area contributed by atoms with Gasteiger partial charge in [-0.2, -0.15) is 5.10 Å². The van der Waals surface area contributed by atoms with Gasteiger partial charge in [0.15, 0.2) is 0 Å². The summed E-state index contributed by atoms with van der Waals surface area (Å²) in [5.74, 6) is -1.69. The van der Waals surface area contributed by atoms with Gasteiger partial charge in [-0.3, -0.25) is 0 Å². The molecular weight excluding hydrogens is 163 g/mol. The van der Waals surface area contributed by atoms with Crippen LogP contribution in [0, 0.1) is 0 Å². The number of hydrogen-bond acceptors (Lipinski definition) is 4. The number of aromatic nitrogens is 2. The van der Waals surface area contributed by atoms with Crippen molar-refractivity contribution >= 4 is 5.97 Å². The van der Waals surface area contributed by atoms with Gasteiger partial charge in [-0.25, -0.2) is 5.10 Å². The van der Waals surface area contributed by atoms with Crippen molar-refractivity contribution in [1.29, 1.82) is 0 Å². The van der Waals surface area contributed by atoms with Gasteiger partial charge in [0.1, 0.15) is 5.69 Å². The third-order valence-electron chi connectivity index (χ3n) is 0.773. The zero-order valence-electron chi connectivity index (χ0n) is 5.29. The molecule has 0 aliphatic rings. The van der Waals surface area contributed by atoms with Crippen molar-refractivity contribution in [2.75, 3.05) is 0 Å². The average Bonchev–Trinajstić information content (AvgIpc) is 2.14. The SMILES string of the molecule is O=C([O-])c1cc(O)[nH]n1.[K+]. The summed E-state index contributed by atoms with van der Waals surface area (Å²) < 4.78 is 0. The molecule has 1 aromatic heterocycles. The molecule has 0 aromatic carbocycles. The average molecular weight is 166 g/mol. The summed E-state index contributed by atoms with van der Waals surface area (Å²) in [7, 11) is 0. The second-order valence-electron chi connectivity index (χ2n) is 1.43. The molecule has 0 saturated carbocycles. The molecule has 0 fully saturated rings. The van der Waals surface area contributed by atoms with E-state index in [0.717, 1.165) is 6.07 Å². The fraction of sp³-hybridized carbons (Fsp3) is 0. The summed E-state index contributed by atoms with van der Waals surface area (Å²) >= 11 is 0. The maximum atomic E-state index is 9.91. The number of aromatic carboxylic acids is 1. The number of H-pyrrole nitrogens is 1. The van der Waals surface area contributed by atoms with Crippen LogP contribution in [0.25, 0.3) is 0 Å². The monoisotopic (exact) mass is 166 g/mol. The number of nitrogens with zero attached hydrogens (tertiary/aromatic N) is 1. The Morgan fingerprint density at radius 2 is 2.40 bits per heavy atom. The zero-order valence-corrected chi connectivity index (χ0v) is 8.41. The number of carboxylic acid groups (broad SMARTS) is 1. The molecule has 1 rings (SSSR count). The van der Waals surface area contributed by atoms with Crippen molar-refractivity contribution in [3.63, 3.8) is 0 Å². The molecule has 0 unspecified atom stereocenters. The first-order valence-electron chi connectivity index (χ1n) is 2.16. The van der Waals surface area contributed by atoms with Gasteiger partial charge in [0, 0.05) is 6.07 Å². The van der Waals surface area contributed by atoms with Gasteiger partial charge < -0.3 is 15.0 Å². The van der Waals surface area contributed by atoms with Gasteiger partial charge in [-0.05, 0) is 0 Å². The number of nitrogens with one attached hydrogen (secondary N) is 1. The Bertz CT molecular complexity index is 234. The van der Waals surface area contributed by atoms with E-state index in [1.165, 1.54) is 0 Å². The fourth-order valence-corrected chi connectivity index (χ4v) is 0.416. The van der Waals surface area contributed by atoms with Crippen molar-refractivity contribution in [2.45, 2.75) is 0 Å². The summed E-state index contributed by atoms with van der Waals surface area (Å²) in [4.78, 5) is 9.91. The van der Waals surface area contributed by atoms with E-state index in [4.69, 9.17) is 5.11 Å². The Hall–Kier alpha value is 0.116. The minimum Gasteiger partial charge on any atom is -0.543 e. The van der Waals surface area contributed by atoms with Gasteiger partial charge in [0.25, 0.3) is 0 Å². The van der Waals surface area contributed by atoms with Crippen LogP contribution in [0.2, 0.25) is 0 Å². The predicted molar refractivity (Wildman–Crippen MR) is 24.6 cm³/mol. The summed E-state index contributed by atoms with van der Waals surface area (Å²) in [5, 5.41) is 23.6. The number of hydrogen-bond donors (Lipinski definition) is 2. The Morgan fingerprint density at radius 1 is 1.80 bits per heavy atom. The minimum absolute atomic E-state index is 0. The molecule has 1 aromatic rings. The number of carbonyl (C=O) groups is 1. The van der Waals surface area contributed by atoms with Crippen LogP contribution in [-0.4, -0.2) is 21.3 Å². The Labute approximate surface area is 98.9 Å². The molecule has 0 aliphatic carbocycles. The van der Waals surface area contributed by atoms with E-state index >= 15 is 0 Å². The number of aromatic hydroxyl groups is 1. The van der Waals surface area contributed by atoms with Gasteiger partial charge in [0.2, 0.25) is 5.88 Å². The molecule has 6 heteroatoms. The van der Waals surface area contributed by atoms with Crippen LogP contribution in [0.1, 0.15) is 10.5 Å². The third kappa shape index (κ3) is 2.39. The fourth-order valence-electron chi connectivity index (χ4n) is 0.416. The Morgan fingerprint density at radius 3 is 2.60 bits per heavy atom. The molecule has 0 amide bonds. The van der Waals surface area contributed by atoms with Crippen LogP contribution < -0.4 is 56.5 Å².